The van der Waals surface area contributed by atoms with E-state index in [1.165, 1.54) is 18.5 Å². The smallest absolute Gasteiger partial charge is 0.232 e. The summed E-state index contributed by atoms with van der Waals surface area (Å²) in [6, 6.07) is 11.6. The topological polar surface area (TPSA) is 84.9 Å². The minimum absolute atomic E-state index is 0.137. The molecule has 0 bridgehead atoms. The molecule has 0 aliphatic carbocycles. The first-order valence-electron chi connectivity index (χ1n) is 8.49. The highest BCUT2D eigenvalue weighted by atomic mass is 35.5. The fraction of sp³-hybridized carbons (Fsp3) is 0.316. The predicted molar refractivity (Wildman–Crippen MR) is 111 cm³/mol. The summed E-state index contributed by atoms with van der Waals surface area (Å²) in [6.07, 6.45) is 1.61. The molecule has 9 heteroatoms. The molecule has 0 heterocycles. The molecular weight excluding hydrogens is 404 g/mol. The maximum absolute atomic E-state index is 12.2. The lowest BCUT2D eigenvalue weighted by molar-refractivity contribution is -0.116. The molecule has 7 nitrogen and oxygen atoms in total. The molecule has 2 aromatic carbocycles. The highest BCUT2D eigenvalue weighted by Gasteiger charge is 2.18. The Kier molecular flexibility index (Phi) is 7.53. The average Bonchev–Trinajstić information content (AvgIpc) is 2.64. The molecule has 2 rings (SSSR count). The number of hydrogen-bond acceptors (Lipinski definition) is 5. The van der Waals surface area contributed by atoms with Gasteiger partial charge in [-0.1, -0.05) is 11.6 Å². The number of nitrogens with one attached hydrogen (secondary N) is 1. The Morgan fingerprint density at radius 2 is 1.79 bits per heavy atom. The van der Waals surface area contributed by atoms with E-state index >= 15 is 0 Å². The largest absolute Gasteiger partial charge is 0.497 e. The Bertz CT molecular complexity index is 916. The maximum Gasteiger partial charge on any atom is 0.232 e. The van der Waals surface area contributed by atoms with Crippen LogP contribution in [-0.4, -0.2) is 41.3 Å². The molecule has 1 amide bonds. The summed E-state index contributed by atoms with van der Waals surface area (Å²) in [7, 11) is -0.451. The second-order valence-electron chi connectivity index (χ2n) is 6.03. The van der Waals surface area contributed by atoms with Crippen LogP contribution in [0.4, 0.5) is 11.4 Å². The van der Waals surface area contributed by atoms with Gasteiger partial charge in [-0.2, -0.15) is 0 Å². The van der Waals surface area contributed by atoms with Gasteiger partial charge in [0.2, 0.25) is 15.9 Å². The SMILES string of the molecule is COc1ccc(N(CCCC(=O)Nc2cc(Cl)ccc2OC)S(C)(=O)=O)cc1. The van der Waals surface area contributed by atoms with Crippen molar-refractivity contribution in [2.24, 2.45) is 0 Å². The number of hydrogen-bond donors (Lipinski definition) is 1. The van der Waals surface area contributed by atoms with Gasteiger partial charge in [0, 0.05) is 18.0 Å². The fourth-order valence-corrected chi connectivity index (χ4v) is 3.75. The van der Waals surface area contributed by atoms with Gasteiger partial charge in [-0.05, 0) is 48.9 Å². The molecule has 28 heavy (non-hydrogen) atoms. The zero-order valence-corrected chi connectivity index (χ0v) is 17.5. The van der Waals surface area contributed by atoms with Crippen LogP contribution in [0.2, 0.25) is 5.02 Å². The number of benzene rings is 2. The standard InChI is InChI=1S/C19H23ClN2O5S/c1-26-16-9-7-15(8-10-16)22(28(3,24)25)12-4-5-19(23)21-17-13-14(20)6-11-18(17)27-2/h6-11,13H,4-5,12H2,1-3H3,(H,21,23). The summed E-state index contributed by atoms with van der Waals surface area (Å²) in [5, 5.41) is 3.21. The minimum atomic E-state index is -3.49. The molecular formula is C19H23ClN2O5S. The summed E-state index contributed by atoms with van der Waals surface area (Å²) < 4.78 is 35.8. The third kappa shape index (κ3) is 6.03. The highest BCUT2D eigenvalue weighted by Crippen LogP contribution is 2.28. The van der Waals surface area contributed by atoms with E-state index in [1.807, 2.05) is 0 Å². The van der Waals surface area contributed by atoms with Crippen molar-refractivity contribution >= 4 is 38.9 Å². The number of halogens is 1. The van der Waals surface area contributed by atoms with Crippen LogP contribution in [-0.2, 0) is 14.8 Å². The number of ether oxygens (including phenoxy) is 2. The molecule has 0 radical (unpaired) electrons. The van der Waals surface area contributed by atoms with Gasteiger partial charge in [-0.15, -0.1) is 0 Å². The van der Waals surface area contributed by atoms with Crippen molar-refractivity contribution in [3.8, 4) is 11.5 Å². The number of methoxy groups -OCH3 is 2. The molecule has 1 N–H and O–H groups in total. The lowest BCUT2D eigenvalue weighted by atomic mass is 10.2. The zero-order chi connectivity index (χ0) is 20.7. The summed E-state index contributed by atoms with van der Waals surface area (Å²) in [5.74, 6) is 0.865. The first kappa shape index (κ1) is 21.8. The lowest BCUT2D eigenvalue weighted by Crippen LogP contribution is -2.31. The van der Waals surface area contributed by atoms with Gasteiger partial charge in [0.25, 0.3) is 0 Å². The second-order valence-corrected chi connectivity index (χ2v) is 8.37. The predicted octanol–water partition coefficient (Wildman–Crippen LogP) is 3.54. The number of amides is 1. The Balaban J connectivity index is 2.00. The van der Waals surface area contributed by atoms with Gasteiger partial charge in [-0.3, -0.25) is 9.10 Å². The Hall–Kier alpha value is -2.45. The Morgan fingerprint density at radius 1 is 1.11 bits per heavy atom. The van der Waals surface area contributed by atoms with Crippen molar-refractivity contribution < 1.29 is 22.7 Å². The number of anilines is 2. The van der Waals surface area contributed by atoms with E-state index in [-0.39, 0.29) is 18.9 Å². The third-order valence-electron chi connectivity index (χ3n) is 3.96. The van der Waals surface area contributed by atoms with Crippen molar-refractivity contribution in [2.45, 2.75) is 12.8 Å². The van der Waals surface area contributed by atoms with Crippen LogP contribution in [0.25, 0.3) is 0 Å². The first-order chi connectivity index (χ1) is 13.2. The summed E-state index contributed by atoms with van der Waals surface area (Å²) in [5.41, 5.74) is 0.982. The van der Waals surface area contributed by atoms with E-state index in [0.29, 0.717) is 34.3 Å². The van der Waals surface area contributed by atoms with Crippen molar-refractivity contribution in [1.82, 2.24) is 0 Å². The van der Waals surface area contributed by atoms with Crippen molar-refractivity contribution in [3.05, 3.63) is 47.5 Å². The number of carbonyl (C=O) groups is 1. The Labute approximate surface area is 170 Å². The van der Waals surface area contributed by atoms with E-state index in [1.54, 1.807) is 42.5 Å². The monoisotopic (exact) mass is 426 g/mol. The van der Waals surface area contributed by atoms with Crippen LogP contribution in [0, 0.1) is 0 Å². The summed E-state index contributed by atoms with van der Waals surface area (Å²) in [4.78, 5) is 12.2. The van der Waals surface area contributed by atoms with Crippen LogP contribution in [0.1, 0.15) is 12.8 Å². The number of sulfonamides is 1. The fourth-order valence-electron chi connectivity index (χ4n) is 2.61. The highest BCUT2D eigenvalue weighted by molar-refractivity contribution is 7.92. The van der Waals surface area contributed by atoms with Crippen molar-refractivity contribution in [3.63, 3.8) is 0 Å². The molecule has 152 valence electrons. The Morgan fingerprint density at radius 3 is 2.36 bits per heavy atom. The molecule has 0 fully saturated rings. The zero-order valence-electron chi connectivity index (χ0n) is 15.9. The van der Waals surface area contributed by atoms with Crippen LogP contribution in [0.15, 0.2) is 42.5 Å². The van der Waals surface area contributed by atoms with Crippen LogP contribution in [0.5, 0.6) is 11.5 Å². The minimum Gasteiger partial charge on any atom is -0.497 e. The average molecular weight is 427 g/mol. The number of rotatable bonds is 9. The molecule has 0 unspecified atom stereocenters. The van der Waals surface area contributed by atoms with E-state index in [9.17, 15) is 13.2 Å². The molecule has 0 atom stereocenters. The molecule has 0 saturated carbocycles. The van der Waals surface area contributed by atoms with Gasteiger partial charge >= 0.3 is 0 Å². The molecule has 0 saturated heterocycles. The first-order valence-corrected chi connectivity index (χ1v) is 10.7. The van der Waals surface area contributed by atoms with Crippen molar-refractivity contribution in [1.29, 1.82) is 0 Å². The molecule has 2 aromatic rings. The van der Waals surface area contributed by atoms with E-state index in [4.69, 9.17) is 21.1 Å². The molecule has 0 aromatic heterocycles. The normalized spacial score (nSPS) is 11.0. The second kappa shape index (κ2) is 9.66. The quantitative estimate of drug-likeness (QED) is 0.662. The van der Waals surface area contributed by atoms with E-state index in [2.05, 4.69) is 5.32 Å². The van der Waals surface area contributed by atoms with Gasteiger partial charge < -0.3 is 14.8 Å². The van der Waals surface area contributed by atoms with Gasteiger partial charge in [0.1, 0.15) is 11.5 Å². The molecule has 0 spiro atoms. The van der Waals surface area contributed by atoms with E-state index < -0.39 is 10.0 Å². The third-order valence-corrected chi connectivity index (χ3v) is 5.39. The number of nitrogens with zero attached hydrogens (tertiary/aromatic N) is 1. The van der Waals surface area contributed by atoms with Gasteiger partial charge in [0.05, 0.1) is 31.9 Å². The number of carbonyl (C=O) groups excluding carboxylic acids is 1. The van der Waals surface area contributed by atoms with Crippen LogP contribution < -0.4 is 19.1 Å². The molecule has 0 aliphatic rings. The van der Waals surface area contributed by atoms with Crippen LogP contribution >= 0.6 is 11.6 Å². The maximum atomic E-state index is 12.2. The summed E-state index contributed by atoms with van der Waals surface area (Å²) >= 11 is 5.95. The van der Waals surface area contributed by atoms with Gasteiger partial charge in [0.15, 0.2) is 0 Å². The van der Waals surface area contributed by atoms with Crippen molar-refractivity contribution in [2.75, 3.05) is 36.6 Å². The van der Waals surface area contributed by atoms with E-state index in [0.717, 1.165) is 6.26 Å². The van der Waals surface area contributed by atoms with Crippen LogP contribution in [0.3, 0.4) is 0 Å². The van der Waals surface area contributed by atoms with Gasteiger partial charge in [-0.25, -0.2) is 8.42 Å². The molecule has 0 aliphatic heterocycles. The lowest BCUT2D eigenvalue weighted by Gasteiger charge is -2.22. The summed E-state index contributed by atoms with van der Waals surface area (Å²) in [6.45, 7) is 0.172.